The minimum absolute atomic E-state index is 0.0166. The molecular weight excluding hydrogens is 352 g/mol. The van der Waals surface area contributed by atoms with Crippen LogP contribution in [0.3, 0.4) is 0 Å². The molecule has 1 atom stereocenters. The fraction of sp³-hybridized carbons (Fsp3) is 0.500. The summed E-state index contributed by atoms with van der Waals surface area (Å²) in [7, 11) is -2.00. The summed E-state index contributed by atoms with van der Waals surface area (Å²) < 4.78 is 27.0. The number of hydrogen-bond donors (Lipinski definition) is 1. The summed E-state index contributed by atoms with van der Waals surface area (Å²) in [5.74, 6) is 0.454. The van der Waals surface area contributed by atoms with Crippen molar-refractivity contribution in [3.8, 4) is 0 Å². The van der Waals surface area contributed by atoms with Crippen molar-refractivity contribution in [2.24, 2.45) is 5.92 Å². The maximum absolute atomic E-state index is 12.6. The molecule has 0 radical (unpaired) electrons. The van der Waals surface area contributed by atoms with Gasteiger partial charge in [-0.05, 0) is 53.7 Å². The summed E-state index contributed by atoms with van der Waals surface area (Å²) in [5, 5.41) is 0.312. The Morgan fingerprint density at radius 3 is 2.58 bits per heavy atom. The first-order chi connectivity index (χ1) is 8.75. The van der Waals surface area contributed by atoms with E-state index in [1.807, 2.05) is 6.92 Å². The number of halogens is 2. The lowest BCUT2D eigenvalue weighted by Gasteiger charge is -2.25. The predicted octanol–water partition coefficient (Wildman–Crippen LogP) is 3.10. The van der Waals surface area contributed by atoms with Gasteiger partial charge in [-0.2, -0.15) is 4.31 Å². The van der Waals surface area contributed by atoms with Crippen LogP contribution in [0.1, 0.15) is 19.8 Å². The van der Waals surface area contributed by atoms with Crippen molar-refractivity contribution in [2.75, 3.05) is 12.8 Å². The first-order valence-corrected chi connectivity index (χ1v) is 8.58. The Kier molecular flexibility index (Phi) is 4.16. The Balaban J connectivity index is 2.44. The Hall–Kier alpha value is -0.300. The van der Waals surface area contributed by atoms with E-state index < -0.39 is 10.0 Å². The number of sulfonamides is 1. The quantitative estimate of drug-likeness (QED) is 0.832. The zero-order chi connectivity index (χ0) is 14.4. The summed E-state index contributed by atoms with van der Waals surface area (Å²) in [4.78, 5) is 0.118. The van der Waals surface area contributed by atoms with Gasteiger partial charge in [0.2, 0.25) is 10.0 Å². The molecule has 0 spiro atoms. The molecule has 1 aromatic rings. The molecular formula is C12H16BrClN2O2S. The summed E-state index contributed by atoms with van der Waals surface area (Å²) in [5.41, 5.74) is 6.07. The Bertz CT molecular complexity index is 602. The minimum Gasteiger partial charge on any atom is -0.398 e. The van der Waals surface area contributed by atoms with Gasteiger partial charge in [-0.15, -0.1) is 0 Å². The molecule has 1 fully saturated rings. The number of nitrogens with zero attached hydrogens (tertiary/aromatic N) is 1. The van der Waals surface area contributed by atoms with Crippen molar-refractivity contribution in [2.45, 2.75) is 30.7 Å². The molecule has 1 aliphatic carbocycles. The highest BCUT2D eigenvalue weighted by atomic mass is 79.9. The van der Waals surface area contributed by atoms with Crippen LogP contribution in [-0.2, 0) is 10.0 Å². The van der Waals surface area contributed by atoms with Crippen molar-refractivity contribution < 1.29 is 8.42 Å². The lowest BCUT2D eigenvalue weighted by atomic mass is 10.2. The molecule has 1 aromatic carbocycles. The average Bonchev–Trinajstić information content (AvgIpc) is 3.15. The van der Waals surface area contributed by atoms with Crippen molar-refractivity contribution in [3.63, 3.8) is 0 Å². The third kappa shape index (κ3) is 2.91. The lowest BCUT2D eigenvalue weighted by Crippen LogP contribution is -2.36. The van der Waals surface area contributed by atoms with E-state index in [1.54, 1.807) is 7.05 Å². The summed E-state index contributed by atoms with van der Waals surface area (Å²) >= 11 is 9.13. The zero-order valence-electron chi connectivity index (χ0n) is 10.7. The Morgan fingerprint density at radius 2 is 2.05 bits per heavy atom. The van der Waals surface area contributed by atoms with Crippen LogP contribution in [-0.4, -0.2) is 25.8 Å². The molecule has 106 valence electrons. The summed E-state index contributed by atoms with van der Waals surface area (Å²) in [6.07, 6.45) is 2.17. The zero-order valence-corrected chi connectivity index (χ0v) is 13.9. The van der Waals surface area contributed by atoms with E-state index in [0.29, 0.717) is 21.1 Å². The van der Waals surface area contributed by atoms with Crippen LogP contribution >= 0.6 is 27.5 Å². The molecule has 0 amide bonds. The Labute approximate surface area is 127 Å². The van der Waals surface area contributed by atoms with Gasteiger partial charge in [0.15, 0.2) is 0 Å². The molecule has 0 bridgehead atoms. The molecule has 0 saturated heterocycles. The highest BCUT2D eigenvalue weighted by Crippen LogP contribution is 2.38. The van der Waals surface area contributed by atoms with Crippen LogP contribution in [0, 0.1) is 5.92 Å². The van der Waals surface area contributed by atoms with Gasteiger partial charge in [-0.1, -0.05) is 11.6 Å². The number of rotatable bonds is 4. The third-order valence-electron chi connectivity index (χ3n) is 3.57. The molecule has 0 aromatic heterocycles. The molecule has 4 nitrogen and oxygen atoms in total. The van der Waals surface area contributed by atoms with Crippen LogP contribution in [0.4, 0.5) is 5.69 Å². The van der Waals surface area contributed by atoms with Gasteiger partial charge in [0.05, 0.1) is 9.37 Å². The average molecular weight is 368 g/mol. The molecule has 1 unspecified atom stereocenters. The first kappa shape index (κ1) is 15.1. The fourth-order valence-electron chi connectivity index (χ4n) is 2.02. The highest BCUT2D eigenvalue weighted by Gasteiger charge is 2.37. The van der Waals surface area contributed by atoms with Crippen molar-refractivity contribution in [1.29, 1.82) is 0 Å². The predicted molar refractivity (Wildman–Crippen MR) is 80.7 cm³/mol. The van der Waals surface area contributed by atoms with Gasteiger partial charge in [-0.3, -0.25) is 0 Å². The second-order valence-corrected chi connectivity index (χ2v) is 8.10. The van der Waals surface area contributed by atoms with Crippen LogP contribution in [0.15, 0.2) is 21.5 Å². The highest BCUT2D eigenvalue weighted by molar-refractivity contribution is 9.10. The van der Waals surface area contributed by atoms with Crippen molar-refractivity contribution in [3.05, 3.63) is 21.6 Å². The molecule has 0 heterocycles. The van der Waals surface area contributed by atoms with Gasteiger partial charge < -0.3 is 5.73 Å². The van der Waals surface area contributed by atoms with Crippen LogP contribution < -0.4 is 5.73 Å². The SMILES string of the molecule is CC(C1CC1)N(C)S(=O)(=O)c1cc(Cl)cc(N)c1Br. The number of nitrogens with two attached hydrogens (primary N) is 1. The van der Waals surface area contributed by atoms with E-state index in [4.69, 9.17) is 17.3 Å². The monoisotopic (exact) mass is 366 g/mol. The number of nitrogen functional groups attached to an aromatic ring is 1. The van der Waals surface area contributed by atoms with E-state index in [0.717, 1.165) is 12.8 Å². The lowest BCUT2D eigenvalue weighted by molar-refractivity contribution is 0.357. The number of hydrogen-bond acceptors (Lipinski definition) is 3. The number of benzene rings is 1. The van der Waals surface area contributed by atoms with Gasteiger partial charge in [-0.25, -0.2) is 8.42 Å². The van der Waals surface area contributed by atoms with Gasteiger partial charge in [0.25, 0.3) is 0 Å². The van der Waals surface area contributed by atoms with Gasteiger partial charge in [0, 0.05) is 23.8 Å². The molecule has 7 heteroatoms. The van der Waals surface area contributed by atoms with Crippen LogP contribution in [0.5, 0.6) is 0 Å². The standard InChI is InChI=1S/C12H16BrClN2O2S/c1-7(8-3-4-8)16(2)19(17,18)11-6-9(14)5-10(15)12(11)13/h5-8H,3-4,15H2,1-2H3. The minimum atomic E-state index is -3.60. The topological polar surface area (TPSA) is 63.4 Å². The molecule has 1 aliphatic rings. The Morgan fingerprint density at radius 1 is 1.47 bits per heavy atom. The van der Waals surface area contributed by atoms with E-state index in [9.17, 15) is 8.42 Å². The fourth-order valence-corrected chi connectivity index (χ4v) is 4.70. The van der Waals surface area contributed by atoms with E-state index in [-0.39, 0.29) is 10.9 Å². The smallest absolute Gasteiger partial charge is 0.244 e. The van der Waals surface area contributed by atoms with E-state index in [2.05, 4.69) is 15.9 Å². The van der Waals surface area contributed by atoms with Crippen molar-refractivity contribution >= 4 is 43.2 Å². The molecule has 19 heavy (non-hydrogen) atoms. The summed E-state index contributed by atoms with van der Waals surface area (Å²) in [6.45, 7) is 1.93. The molecule has 0 aliphatic heterocycles. The largest absolute Gasteiger partial charge is 0.398 e. The first-order valence-electron chi connectivity index (χ1n) is 5.97. The molecule has 1 saturated carbocycles. The molecule has 2 N–H and O–H groups in total. The van der Waals surface area contributed by atoms with Gasteiger partial charge in [0.1, 0.15) is 0 Å². The number of anilines is 1. The maximum Gasteiger partial charge on any atom is 0.244 e. The maximum atomic E-state index is 12.6. The second-order valence-electron chi connectivity index (χ2n) is 4.91. The third-order valence-corrected chi connectivity index (χ3v) is 6.90. The van der Waals surface area contributed by atoms with E-state index in [1.165, 1.54) is 16.4 Å². The van der Waals surface area contributed by atoms with Crippen molar-refractivity contribution in [1.82, 2.24) is 4.31 Å². The summed E-state index contributed by atoms with van der Waals surface area (Å²) in [6, 6.07) is 2.93. The van der Waals surface area contributed by atoms with Crippen LogP contribution in [0.25, 0.3) is 0 Å². The molecule has 2 rings (SSSR count). The second kappa shape index (κ2) is 5.24. The van der Waals surface area contributed by atoms with E-state index >= 15 is 0 Å². The van der Waals surface area contributed by atoms with Gasteiger partial charge >= 0.3 is 0 Å². The van der Waals surface area contributed by atoms with Crippen LogP contribution in [0.2, 0.25) is 5.02 Å². The normalized spacial score (nSPS) is 17.7.